The Morgan fingerprint density at radius 2 is 2.00 bits per heavy atom. The highest BCUT2D eigenvalue weighted by molar-refractivity contribution is 5.99. The van der Waals surface area contributed by atoms with Crippen molar-refractivity contribution in [3.63, 3.8) is 0 Å². The normalized spacial score (nSPS) is 17.5. The molecule has 17 heavy (non-hydrogen) atoms. The van der Waals surface area contributed by atoms with E-state index in [1.807, 2.05) is 0 Å². The summed E-state index contributed by atoms with van der Waals surface area (Å²) in [5.41, 5.74) is 6.36. The summed E-state index contributed by atoms with van der Waals surface area (Å²) in [6.45, 7) is 4.20. The Balaban J connectivity index is 2.27. The Bertz CT molecular complexity index is 417. The van der Waals surface area contributed by atoms with Crippen LogP contribution in [0.1, 0.15) is 42.4 Å². The SMILES string of the molecule is Cc1ccc(C(=NC2CCCC2)NN)c(C)c1. The van der Waals surface area contributed by atoms with Gasteiger partial charge >= 0.3 is 0 Å². The van der Waals surface area contributed by atoms with Crippen molar-refractivity contribution in [2.45, 2.75) is 45.6 Å². The van der Waals surface area contributed by atoms with Gasteiger partial charge in [0.2, 0.25) is 0 Å². The number of amidine groups is 1. The van der Waals surface area contributed by atoms with E-state index in [1.165, 1.54) is 36.8 Å². The van der Waals surface area contributed by atoms with Gasteiger partial charge in [0.1, 0.15) is 5.84 Å². The van der Waals surface area contributed by atoms with Gasteiger partial charge in [0, 0.05) is 5.56 Å². The molecule has 0 heterocycles. The summed E-state index contributed by atoms with van der Waals surface area (Å²) >= 11 is 0. The number of aryl methyl sites for hydroxylation is 2. The van der Waals surface area contributed by atoms with Crippen molar-refractivity contribution >= 4 is 5.84 Å². The van der Waals surface area contributed by atoms with Crippen molar-refractivity contribution in [3.05, 3.63) is 34.9 Å². The van der Waals surface area contributed by atoms with E-state index in [0.717, 1.165) is 11.4 Å². The summed E-state index contributed by atoms with van der Waals surface area (Å²) < 4.78 is 0. The Kier molecular flexibility index (Phi) is 3.79. The van der Waals surface area contributed by atoms with Gasteiger partial charge in [-0.05, 0) is 32.3 Å². The molecule has 2 rings (SSSR count). The van der Waals surface area contributed by atoms with Gasteiger partial charge in [-0.1, -0.05) is 36.6 Å². The van der Waals surface area contributed by atoms with E-state index in [-0.39, 0.29) is 0 Å². The highest BCUT2D eigenvalue weighted by atomic mass is 15.3. The van der Waals surface area contributed by atoms with Crippen LogP contribution in [0, 0.1) is 13.8 Å². The predicted molar refractivity (Wildman–Crippen MR) is 72.0 cm³/mol. The lowest BCUT2D eigenvalue weighted by Gasteiger charge is -2.12. The van der Waals surface area contributed by atoms with Gasteiger partial charge in [0.25, 0.3) is 0 Å². The summed E-state index contributed by atoms with van der Waals surface area (Å²) in [7, 11) is 0. The van der Waals surface area contributed by atoms with Crippen LogP contribution < -0.4 is 11.3 Å². The lowest BCUT2D eigenvalue weighted by molar-refractivity contribution is 0.700. The minimum Gasteiger partial charge on any atom is -0.308 e. The molecule has 0 saturated heterocycles. The number of hydrazine groups is 1. The van der Waals surface area contributed by atoms with Gasteiger partial charge in [-0.15, -0.1) is 0 Å². The molecule has 0 aromatic heterocycles. The monoisotopic (exact) mass is 231 g/mol. The first-order chi connectivity index (χ1) is 8.20. The van der Waals surface area contributed by atoms with Crippen LogP contribution in [0.4, 0.5) is 0 Å². The van der Waals surface area contributed by atoms with E-state index in [4.69, 9.17) is 10.8 Å². The molecule has 92 valence electrons. The summed E-state index contributed by atoms with van der Waals surface area (Å²) in [4.78, 5) is 4.74. The van der Waals surface area contributed by atoms with Crippen LogP contribution in [0.25, 0.3) is 0 Å². The Morgan fingerprint density at radius 3 is 2.59 bits per heavy atom. The average molecular weight is 231 g/mol. The molecule has 0 radical (unpaired) electrons. The van der Waals surface area contributed by atoms with E-state index >= 15 is 0 Å². The van der Waals surface area contributed by atoms with Crippen LogP contribution in [-0.2, 0) is 0 Å². The molecule has 0 amide bonds. The quantitative estimate of drug-likeness (QED) is 0.355. The fraction of sp³-hybridized carbons (Fsp3) is 0.500. The largest absolute Gasteiger partial charge is 0.308 e. The molecule has 3 nitrogen and oxygen atoms in total. The summed E-state index contributed by atoms with van der Waals surface area (Å²) in [5, 5.41) is 0. The standard InChI is InChI=1S/C14H21N3/c1-10-7-8-13(11(2)9-10)14(17-15)16-12-5-3-4-6-12/h7-9,12H,3-6,15H2,1-2H3,(H,16,17). The molecule has 0 atom stereocenters. The third kappa shape index (κ3) is 2.86. The fourth-order valence-corrected chi connectivity index (χ4v) is 2.48. The second-order valence-electron chi connectivity index (χ2n) is 4.88. The number of aliphatic imine (C=N–C) groups is 1. The molecule has 1 fully saturated rings. The number of benzene rings is 1. The first-order valence-electron chi connectivity index (χ1n) is 6.33. The predicted octanol–water partition coefficient (Wildman–Crippen LogP) is 2.46. The molecule has 0 bridgehead atoms. The van der Waals surface area contributed by atoms with Crippen LogP contribution in [0.15, 0.2) is 23.2 Å². The van der Waals surface area contributed by atoms with E-state index in [1.54, 1.807) is 0 Å². The maximum Gasteiger partial charge on any atom is 0.143 e. The smallest absolute Gasteiger partial charge is 0.143 e. The highest BCUT2D eigenvalue weighted by Gasteiger charge is 2.15. The van der Waals surface area contributed by atoms with Gasteiger partial charge < -0.3 is 5.43 Å². The van der Waals surface area contributed by atoms with Gasteiger partial charge in [0.15, 0.2) is 0 Å². The zero-order valence-electron chi connectivity index (χ0n) is 10.7. The van der Waals surface area contributed by atoms with Crippen molar-refractivity contribution in [2.24, 2.45) is 10.8 Å². The number of hydrogen-bond donors (Lipinski definition) is 2. The van der Waals surface area contributed by atoms with E-state index in [9.17, 15) is 0 Å². The first kappa shape index (κ1) is 12.1. The minimum absolute atomic E-state index is 0.446. The summed E-state index contributed by atoms with van der Waals surface area (Å²) in [5.74, 6) is 6.44. The maximum absolute atomic E-state index is 5.61. The number of nitrogens with one attached hydrogen (secondary N) is 1. The first-order valence-corrected chi connectivity index (χ1v) is 6.33. The van der Waals surface area contributed by atoms with Gasteiger partial charge in [-0.2, -0.15) is 0 Å². The molecule has 0 spiro atoms. The van der Waals surface area contributed by atoms with Crippen molar-refractivity contribution in [1.82, 2.24) is 5.43 Å². The van der Waals surface area contributed by atoms with E-state index < -0.39 is 0 Å². The zero-order chi connectivity index (χ0) is 12.3. The molecule has 0 unspecified atom stereocenters. The van der Waals surface area contributed by atoms with Crippen LogP contribution in [0.3, 0.4) is 0 Å². The number of rotatable bonds is 2. The van der Waals surface area contributed by atoms with Gasteiger partial charge in [0.05, 0.1) is 6.04 Å². The second-order valence-corrected chi connectivity index (χ2v) is 4.88. The van der Waals surface area contributed by atoms with Crippen molar-refractivity contribution in [2.75, 3.05) is 0 Å². The Labute approximate surface area is 103 Å². The van der Waals surface area contributed by atoms with Gasteiger partial charge in [-0.3, -0.25) is 4.99 Å². The number of nitrogens with two attached hydrogens (primary N) is 1. The number of nitrogens with zero attached hydrogens (tertiary/aromatic N) is 1. The van der Waals surface area contributed by atoms with Crippen molar-refractivity contribution < 1.29 is 0 Å². The molecule has 0 aliphatic heterocycles. The lowest BCUT2D eigenvalue weighted by Crippen LogP contribution is -2.32. The molecule has 1 aromatic rings. The second kappa shape index (κ2) is 5.32. The van der Waals surface area contributed by atoms with Gasteiger partial charge in [-0.25, -0.2) is 5.84 Å². The van der Waals surface area contributed by atoms with Crippen LogP contribution in [-0.4, -0.2) is 11.9 Å². The van der Waals surface area contributed by atoms with E-state index in [2.05, 4.69) is 37.5 Å². The van der Waals surface area contributed by atoms with Crippen LogP contribution in [0.5, 0.6) is 0 Å². The Morgan fingerprint density at radius 1 is 1.29 bits per heavy atom. The molecule has 1 aliphatic rings. The maximum atomic E-state index is 5.61. The fourth-order valence-electron chi connectivity index (χ4n) is 2.48. The molecule has 3 heteroatoms. The molecular weight excluding hydrogens is 210 g/mol. The lowest BCUT2D eigenvalue weighted by atomic mass is 10.0. The van der Waals surface area contributed by atoms with Crippen molar-refractivity contribution in [1.29, 1.82) is 0 Å². The average Bonchev–Trinajstić information content (AvgIpc) is 2.79. The van der Waals surface area contributed by atoms with E-state index in [0.29, 0.717) is 6.04 Å². The molecule has 1 aromatic carbocycles. The molecular formula is C14H21N3. The molecule has 1 saturated carbocycles. The topological polar surface area (TPSA) is 50.4 Å². The highest BCUT2D eigenvalue weighted by Crippen LogP contribution is 2.22. The summed E-state index contributed by atoms with van der Waals surface area (Å²) in [6, 6.07) is 6.81. The molecule has 3 N–H and O–H groups in total. The zero-order valence-corrected chi connectivity index (χ0v) is 10.7. The number of hydrogen-bond acceptors (Lipinski definition) is 2. The third-order valence-corrected chi connectivity index (χ3v) is 3.41. The Hall–Kier alpha value is -1.35. The minimum atomic E-state index is 0.446. The van der Waals surface area contributed by atoms with Crippen molar-refractivity contribution in [3.8, 4) is 0 Å². The summed E-state index contributed by atoms with van der Waals surface area (Å²) in [6.07, 6.45) is 4.96. The molecule has 1 aliphatic carbocycles. The van der Waals surface area contributed by atoms with Crippen LogP contribution in [0.2, 0.25) is 0 Å². The van der Waals surface area contributed by atoms with Crippen LogP contribution >= 0.6 is 0 Å². The third-order valence-electron chi connectivity index (χ3n) is 3.41.